The van der Waals surface area contributed by atoms with Crippen molar-refractivity contribution < 1.29 is 18.3 Å². The molecule has 0 aliphatic heterocycles. The van der Waals surface area contributed by atoms with Crippen molar-refractivity contribution in [1.82, 2.24) is 15.0 Å². The summed E-state index contributed by atoms with van der Waals surface area (Å²) in [5, 5.41) is 8.93. The SMILES string of the molecule is O=C(O)c1nccnc1NS(=O)(=O)CCc1ccncc1. The van der Waals surface area contributed by atoms with Crippen LogP contribution in [0.15, 0.2) is 36.9 Å². The van der Waals surface area contributed by atoms with Gasteiger partial charge < -0.3 is 5.11 Å². The number of aromatic carboxylic acids is 1. The van der Waals surface area contributed by atoms with Gasteiger partial charge in [0, 0.05) is 24.8 Å². The first-order valence-corrected chi connectivity index (χ1v) is 7.57. The average Bonchev–Trinajstić information content (AvgIpc) is 2.46. The molecule has 0 saturated carbocycles. The Balaban J connectivity index is 2.10. The van der Waals surface area contributed by atoms with E-state index in [1.54, 1.807) is 24.5 Å². The fourth-order valence-corrected chi connectivity index (χ4v) is 2.62. The summed E-state index contributed by atoms with van der Waals surface area (Å²) in [5.41, 5.74) is 0.373. The average molecular weight is 308 g/mol. The molecule has 0 amide bonds. The Kier molecular flexibility index (Phi) is 4.43. The molecule has 0 radical (unpaired) electrons. The van der Waals surface area contributed by atoms with Gasteiger partial charge in [-0.15, -0.1) is 0 Å². The highest BCUT2D eigenvalue weighted by atomic mass is 32.2. The first kappa shape index (κ1) is 14.9. The minimum Gasteiger partial charge on any atom is -0.476 e. The number of carboxylic acids is 1. The Labute approximate surface area is 121 Å². The van der Waals surface area contributed by atoms with Gasteiger partial charge in [0.15, 0.2) is 11.5 Å². The summed E-state index contributed by atoms with van der Waals surface area (Å²) in [5.74, 6) is -1.85. The van der Waals surface area contributed by atoms with Gasteiger partial charge in [-0.25, -0.2) is 23.2 Å². The zero-order valence-electron chi connectivity index (χ0n) is 10.8. The minimum atomic E-state index is -3.73. The number of aromatic nitrogens is 3. The maximum Gasteiger partial charge on any atom is 0.358 e. The van der Waals surface area contributed by atoms with Crippen LogP contribution in [-0.4, -0.2) is 40.2 Å². The van der Waals surface area contributed by atoms with Crippen LogP contribution >= 0.6 is 0 Å². The van der Waals surface area contributed by atoms with Gasteiger partial charge in [0.25, 0.3) is 0 Å². The molecule has 0 bridgehead atoms. The van der Waals surface area contributed by atoms with Crippen LogP contribution in [0.2, 0.25) is 0 Å². The Morgan fingerprint density at radius 3 is 2.48 bits per heavy atom. The highest BCUT2D eigenvalue weighted by molar-refractivity contribution is 7.92. The van der Waals surface area contributed by atoms with E-state index in [0.29, 0.717) is 0 Å². The van der Waals surface area contributed by atoms with E-state index in [1.165, 1.54) is 12.4 Å². The highest BCUT2D eigenvalue weighted by Gasteiger charge is 2.18. The molecule has 0 aliphatic carbocycles. The standard InChI is InChI=1S/C12H12N4O4S/c17-12(18)10-11(15-7-6-14-10)16-21(19,20)8-3-9-1-4-13-5-2-9/h1-2,4-7H,3,8H2,(H,15,16)(H,17,18). The van der Waals surface area contributed by atoms with E-state index < -0.39 is 21.7 Å². The molecule has 110 valence electrons. The Morgan fingerprint density at radius 2 is 1.81 bits per heavy atom. The van der Waals surface area contributed by atoms with Gasteiger partial charge in [-0.3, -0.25) is 9.71 Å². The van der Waals surface area contributed by atoms with Crippen LogP contribution in [0.25, 0.3) is 0 Å². The third-order valence-electron chi connectivity index (χ3n) is 2.56. The van der Waals surface area contributed by atoms with Gasteiger partial charge in [-0.2, -0.15) is 0 Å². The van der Waals surface area contributed by atoms with Crippen molar-refractivity contribution >= 4 is 21.8 Å². The molecule has 9 heteroatoms. The second-order valence-corrected chi connectivity index (χ2v) is 5.93. The van der Waals surface area contributed by atoms with E-state index in [-0.39, 0.29) is 18.0 Å². The summed E-state index contributed by atoms with van der Waals surface area (Å²) in [6, 6.07) is 3.42. The van der Waals surface area contributed by atoms with Crippen LogP contribution in [0.1, 0.15) is 16.1 Å². The van der Waals surface area contributed by atoms with Gasteiger partial charge in [0.1, 0.15) is 0 Å². The molecular weight excluding hydrogens is 296 g/mol. The van der Waals surface area contributed by atoms with E-state index >= 15 is 0 Å². The zero-order valence-corrected chi connectivity index (χ0v) is 11.6. The quantitative estimate of drug-likeness (QED) is 0.799. The third-order valence-corrected chi connectivity index (χ3v) is 3.81. The lowest BCUT2D eigenvalue weighted by Crippen LogP contribution is -2.21. The summed E-state index contributed by atoms with van der Waals surface area (Å²) < 4.78 is 26.1. The second kappa shape index (κ2) is 6.27. The summed E-state index contributed by atoms with van der Waals surface area (Å²) in [6.45, 7) is 0. The van der Waals surface area contributed by atoms with E-state index in [1.807, 2.05) is 0 Å². The largest absolute Gasteiger partial charge is 0.476 e. The topological polar surface area (TPSA) is 122 Å². The van der Waals surface area contributed by atoms with Crippen LogP contribution < -0.4 is 4.72 Å². The number of anilines is 1. The van der Waals surface area contributed by atoms with Crippen molar-refractivity contribution in [1.29, 1.82) is 0 Å². The Bertz CT molecular complexity index is 734. The van der Waals surface area contributed by atoms with E-state index in [9.17, 15) is 13.2 Å². The number of aryl methyl sites for hydroxylation is 1. The normalized spacial score (nSPS) is 11.0. The first-order valence-electron chi connectivity index (χ1n) is 5.91. The van der Waals surface area contributed by atoms with Crippen molar-refractivity contribution in [3.05, 3.63) is 48.2 Å². The highest BCUT2D eigenvalue weighted by Crippen LogP contribution is 2.11. The number of carboxylic acid groups (broad SMARTS) is 1. The number of hydrogen-bond acceptors (Lipinski definition) is 6. The van der Waals surface area contributed by atoms with Crippen LogP contribution in [0.5, 0.6) is 0 Å². The summed E-state index contributed by atoms with van der Waals surface area (Å²) in [6.07, 6.45) is 5.81. The van der Waals surface area contributed by atoms with Crippen molar-refractivity contribution in [3.63, 3.8) is 0 Å². The molecule has 2 aromatic rings. The summed E-state index contributed by atoms with van der Waals surface area (Å²) in [4.78, 5) is 22.1. The maximum absolute atomic E-state index is 12.0. The second-order valence-electron chi connectivity index (χ2n) is 4.09. The smallest absolute Gasteiger partial charge is 0.358 e. The first-order chi connectivity index (χ1) is 9.98. The van der Waals surface area contributed by atoms with Crippen LogP contribution in [-0.2, 0) is 16.4 Å². The van der Waals surface area contributed by atoms with Crippen molar-refractivity contribution in [3.8, 4) is 0 Å². The molecular formula is C12H12N4O4S. The van der Waals surface area contributed by atoms with Crippen LogP contribution in [0.3, 0.4) is 0 Å². The lowest BCUT2D eigenvalue weighted by molar-refractivity contribution is 0.0691. The summed E-state index contributed by atoms with van der Waals surface area (Å²) >= 11 is 0. The molecule has 0 aromatic carbocycles. The number of pyridine rings is 1. The molecule has 0 aliphatic rings. The van der Waals surface area contributed by atoms with Crippen molar-refractivity contribution in [2.45, 2.75) is 6.42 Å². The molecule has 0 saturated heterocycles. The molecule has 0 atom stereocenters. The molecule has 2 aromatic heterocycles. The van der Waals surface area contributed by atoms with Crippen LogP contribution in [0, 0.1) is 0 Å². The number of nitrogens with one attached hydrogen (secondary N) is 1. The van der Waals surface area contributed by atoms with E-state index in [0.717, 1.165) is 5.56 Å². The molecule has 2 heterocycles. The van der Waals surface area contributed by atoms with E-state index in [4.69, 9.17) is 5.11 Å². The Hall–Kier alpha value is -2.55. The predicted octanol–water partition coefficient (Wildman–Crippen LogP) is 0.554. The number of sulfonamides is 1. The van der Waals surface area contributed by atoms with Gasteiger partial charge in [-0.1, -0.05) is 0 Å². The fraction of sp³-hybridized carbons (Fsp3) is 0.167. The number of rotatable bonds is 6. The maximum atomic E-state index is 12.0. The number of hydrogen-bond donors (Lipinski definition) is 2. The molecule has 0 spiro atoms. The van der Waals surface area contributed by atoms with Gasteiger partial charge in [0.05, 0.1) is 5.75 Å². The molecule has 0 unspecified atom stereocenters. The van der Waals surface area contributed by atoms with Crippen molar-refractivity contribution in [2.75, 3.05) is 10.5 Å². The lowest BCUT2D eigenvalue weighted by Gasteiger charge is -2.08. The van der Waals surface area contributed by atoms with E-state index in [2.05, 4.69) is 19.7 Å². The fourth-order valence-electron chi connectivity index (χ4n) is 1.57. The monoisotopic (exact) mass is 308 g/mol. The minimum absolute atomic E-state index is 0.202. The Morgan fingerprint density at radius 1 is 1.14 bits per heavy atom. The van der Waals surface area contributed by atoms with Crippen LogP contribution in [0.4, 0.5) is 5.82 Å². The number of nitrogens with zero attached hydrogens (tertiary/aromatic N) is 3. The zero-order chi connectivity index (χ0) is 15.3. The van der Waals surface area contributed by atoms with Crippen molar-refractivity contribution in [2.24, 2.45) is 0 Å². The lowest BCUT2D eigenvalue weighted by atomic mass is 10.2. The third kappa shape index (κ3) is 4.21. The van der Waals surface area contributed by atoms with Gasteiger partial charge >= 0.3 is 5.97 Å². The molecule has 0 fully saturated rings. The van der Waals surface area contributed by atoms with Gasteiger partial charge in [-0.05, 0) is 24.1 Å². The molecule has 8 nitrogen and oxygen atoms in total. The molecule has 2 N–H and O–H groups in total. The summed E-state index contributed by atoms with van der Waals surface area (Å²) in [7, 11) is -3.73. The predicted molar refractivity (Wildman–Crippen MR) is 74.3 cm³/mol. The molecule has 21 heavy (non-hydrogen) atoms. The molecule has 2 rings (SSSR count). The van der Waals surface area contributed by atoms with Gasteiger partial charge in [0.2, 0.25) is 10.0 Å². The number of carbonyl (C=O) groups is 1.